The van der Waals surface area contributed by atoms with Crippen LogP contribution in [0.15, 0.2) is 24.3 Å². The lowest BCUT2D eigenvalue weighted by Gasteiger charge is -2.21. The van der Waals surface area contributed by atoms with Crippen molar-refractivity contribution in [3.8, 4) is 5.75 Å². The van der Waals surface area contributed by atoms with Crippen LogP contribution in [0.2, 0.25) is 0 Å². The Hall–Kier alpha value is -1.06. The number of benzene rings is 1. The summed E-state index contributed by atoms with van der Waals surface area (Å²) in [5, 5.41) is 12.8. The zero-order valence-electron chi connectivity index (χ0n) is 11.2. The zero-order chi connectivity index (χ0) is 12.9. The standard InChI is InChI=1S/C14H23NO2/c1-11-5-7-13(8-6-11)17-9-12(2)15-10-14(3,4)16/h5-8,12,15-16H,9-10H2,1-4H3. The van der Waals surface area contributed by atoms with Gasteiger partial charge in [-0.05, 0) is 39.8 Å². The number of aryl methyl sites for hydroxylation is 1. The summed E-state index contributed by atoms with van der Waals surface area (Å²) in [5.41, 5.74) is 0.545. The second-order valence-corrected chi connectivity index (χ2v) is 5.22. The summed E-state index contributed by atoms with van der Waals surface area (Å²) in [6, 6.07) is 8.22. The Morgan fingerprint density at radius 3 is 2.41 bits per heavy atom. The molecule has 0 amide bonds. The first-order chi connectivity index (χ1) is 7.87. The van der Waals surface area contributed by atoms with E-state index in [0.717, 1.165) is 5.75 Å². The number of ether oxygens (including phenoxy) is 1. The predicted molar refractivity (Wildman–Crippen MR) is 70.4 cm³/mol. The Labute approximate surface area is 104 Å². The van der Waals surface area contributed by atoms with E-state index in [1.165, 1.54) is 5.56 Å². The molecule has 0 spiro atoms. The topological polar surface area (TPSA) is 41.5 Å². The Morgan fingerprint density at radius 2 is 1.88 bits per heavy atom. The van der Waals surface area contributed by atoms with Crippen LogP contribution in [0.3, 0.4) is 0 Å². The molecule has 1 atom stereocenters. The third-order valence-electron chi connectivity index (χ3n) is 2.40. The van der Waals surface area contributed by atoms with Gasteiger partial charge in [-0.15, -0.1) is 0 Å². The summed E-state index contributed by atoms with van der Waals surface area (Å²) in [5.74, 6) is 0.882. The lowest BCUT2D eigenvalue weighted by Crippen LogP contribution is -2.41. The second-order valence-electron chi connectivity index (χ2n) is 5.22. The van der Waals surface area contributed by atoms with E-state index in [1.54, 1.807) is 13.8 Å². The SMILES string of the molecule is Cc1ccc(OCC(C)NCC(C)(C)O)cc1. The molecule has 0 aliphatic carbocycles. The van der Waals surface area contributed by atoms with E-state index in [1.807, 2.05) is 31.2 Å². The van der Waals surface area contributed by atoms with Crippen LogP contribution in [0, 0.1) is 6.92 Å². The van der Waals surface area contributed by atoms with Gasteiger partial charge < -0.3 is 15.2 Å². The molecular formula is C14H23NO2. The van der Waals surface area contributed by atoms with Crippen LogP contribution in [0.4, 0.5) is 0 Å². The van der Waals surface area contributed by atoms with Gasteiger partial charge in [0.25, 0.3) is 0 Å². The van der Waals surface area contributed by atoms with Gasteiger partial charge in [-0.2, -0.15) is 0 Å². The van der Waals surface area contributed by atoms with E-state index < -0.39 is 5.60 Å². The Bertz CT molecular complexity index is 327. The summed E-state index contributed by atoms with van der Waals surface area (Å²) in [4.78, 5) is 0. The lowest BCUT2D eigenvalue weighted by atomic mass is 10.1. The van der Waals surface area contributed by atoms with Crippen molar-refractivity contribution in [2.45, 2.75) is 39.3 Å². The monoisotopic (exact) mass is 237 g/mol. The molecule has 1 aromatic rings. The highest BCUT2D eigenvalue weighted by atomic mass is 16.5. The summed E-state index contributed by atoms with van der Waals surface area (Å²) in [6.07, 6.45) is 0. The molecule has 1 aromatic carbocycles. The molecular weight excluding hydrogens is 214 g/mol. The molecule has 3 nitrogen and oxygen atoms in total. The fourth-order valence-corrected chi connectivity index (χ4v) is 1.34. The molecule has 0 saturated carbocycles. The first kappa shape index (κ1) is 14.0. The van der Waals surface area contributed by atoms with Crippen molar-refractivity contribution in [1.82, 2.24) is 5.32 Å². The van der Waals surface area contributed by atoms with E-state index >= 15 is 0 Å². The van der Waals surface area contributed by atoms with Gasteiger partial charge in [0.05, 0.1) is 5.60 Å². The van der Waals surface area contributed by atoms with Crippen molar-refractivity contribution in [2.24, 2.45) is 0 Å². The van der Waals surface area contributed by atoms with Crippen molar-refractivity contribution in [3.05, 3.63) is 29.8 Å². The van der Waals surface area contributed by atoms with Crippen LogP contribution in [0.5, 0.6) is 5.75 Å². The normalized spacial score (nSPS) is 13.5. The minimum atomic E-state index is -0.682. The lowest BCUT2D eigenvalue weighted by molar-refractivity contribution is 0.0746. The van der Waals surface area contributed by atoms with E-state index in [-0.39, 0.29) is 6.04 Å². The van der Waals surface area contributed by atoms with Gasteiger partial charge in [-0.1, -0.05) is 17.7 Å². The van der Waals surface area contributed by atoms with Crippen LogP contribution >= 0.6 is 0 Å². The van der Waals surface area contributed by atoms with Crippen molar-refractivity contribution in [1.29, 1.82) is 0 Å². The summed E-state index contributed by atoms with van der Waals surface area (Å²) in [7, 11) is 0. The number of hydrogen-bond donors (Lipinski definition) is 2. The highest BCUT2D eigenvalue weighted by Crippen LogP contribution is 2.11. The number of hydrogen-bond acceptors (Lipinski definition) is 3. The average molecular weight is 237 g/mol. The molecule has 0 heterocycles. The summed E-state index contributed by atoms with van der Waals surface area (Å²) < 4.78 is 5.64. The third kappa shape index (κ3) is 6.29. The molecule has 0 fully saturated rings. The zero-order valence-corrected chi connectivity index (χ0v) is 11.2. The molecule has 0 aromatic heterocycles. The van der Waals surface area contributed by atoms with Crippen molar-refractivity contribution in [3.63, 3.8) is 0 Å². The number of rotatable bonds is 6. The molecule has 1 unspecified atom stereocenters. The minimum Gasteiger partial charge on any atom is -0.492 e. The first-order valence-electron chi connectivity index (χ1n) is 6.02. The van der Waals surface area contributed by atoms with Crippen LogP contribution < -0.4 is 10.1 Å². The maximum absolute atomic E-state index is 9.58. The van der Waals surface area contributed by atoms with E-state index in [2.05, 4.69) is 12.2 Å². The fourth-order valence-electron chi connectivity index (χ4n) is 1.34. The van der Waals surface area contributed by atoms with Gasteiger partial charge in [-0.25, -0.2) is 0 Å². The smallest absolute Gasteiger partial charge is 0.119 e. The maximum Gasteiger partial charge on any atom is 0.119 e. The molecule has 0 aliphatic heterocycles. The largest absolute Gasteiger partial charge is 0.492 e. The van der Waals surface area contributed by atoms with Gasteiger partial charge in [-0.3, -0.25) is 0 Å². The fraction of sp³-hybridized carbons (Fsp3) is 0.571. The van der Waals surface area contributed by atoms with Gasteiger partial charge in [0.1, 0.15) is 12.4 Å². The first-order valence-corrected chi connectivity index (χ1v) is 6.02. The molecule has 3 heteroatoms. The van der Waals surface area contributed by atoms with Gasteiger partial charge in [0, 0.05) is 12.6 Å². The molecule has 96 valence electrons. The van der Waals surface area contributed by atoms with E-state index in [9.17, 15) is 5.11 Å². The van der Waals surface area contributed by atoms with Gasteiger partial charge >= 0.3 is 0 Å². The molecule has 17 heavy (non-hydrogen) atoms. The van der Waals surface area contributed by atoms with Crippen LogP contribution in [0.1, 0.15) is 26.3 Å². The average Bonchev–Trinajstić information content (AvgIpc) is 2.25. The molecule has 2 N–H and O–H groups in total. The van der Waals surface area contributed by atoms with Crippen LogP contribution in [0.25, 0.3) is 0 Å². The highest BCUT2D eigenvalue weighted by Gasteiger charge is 2.13. The molecule has 0 saturated heterocycles. The Balaban J connectivity index is 2.28. The van der Waals surface area contributed by atoms with E-state index in [0.29, 0.717) is 13.2 Å². The molecule has 0 radical (unpaired) electrons. The van der Waals surface area contributed by atoms with Crippen LogP contribution in [-0.4, -0.2) is 29.9 Å². The van der Waals surface area contributed by atoms with Crippen molar-refractivity contribution < 1.29 is 9.84 Å². The minimum absolute atomic E-state index is 0.211. The quantitative estimate of drug-likeness (QED) is 0.796. The molecule has 1 rings (SSSR count). The van der Waals surface area contributed by atoms with E-state index in [4.69, 9.17) is 4.74 Å². The molecule has 0 aliphatic rings. The van der Waals surface area contributed by atoms with Crippen LogP contribution in [-0.2, 0) is 0 Å². The summed E-state index contributed by atoms with van der Waals surface area (Å²) >= 11 is 0. The van der Waals surface area contributed by atoms with Crippen molar-refractivity contribution in [2.75, 3.05) is 13.2 Å². The molecule has 0 bridgehead atoms. The number of nitrogens with one attached hydrogen (secondary N) is 1. The van der Waals surface area contributed by atoms with Gasteiger partial charge in [0.2, 0.25) is 0 Å². The predicted octanol–water partition coefficient (Wildman–Crippen LogP) is 2.12. The Morgan fingerprint density at radius 1 is 1.29 bits per heavy atom. The maximum atomic E-state index is 9.58. The van der Waals surface area contributed by atoms with Crippen molar-refractivity contribution >= 4 is 0 Å². The van der Waals surface area contributed by atoms with Gasteiger partial charge in [0.15, 0.2) is 0 Å². The second kappa shape index (κ2) is 6.03. The number of aliphatic hydroxyl groups is 1. The highest BCUT2D eigenvalue weighted by molar-refractivity contribution is 5.26. The Kier molecular flexibility index (Phi) is 4.97. The third-order valence-corrected chi connectivity index (χ3v) is 2.40. The summed E-state index contributed by atoms with van der Waals surface area (Å²) in [6.45, 7) is 8.82.